The molecule has 0 radical (unpaired) electrons. The smallest absolute Gasteiger partial charge is 0.231 e. The summed E-state index contributed by atoms with van der Waals surface area (Å²) < 4.78 is 7.74. The first-order valence-electron chi connectivity index (χ1n) is 9.12. The maximum atomic E-state index is 5.62. The SMILES string of the molecule is c1cc(C2(c3noc(Cc4cnn5c4CCCC5)n3)CCC2)ccn1. The molecule has 0 amide bonds. The zero-order valence-electron chi connectivity index (χ0n) is 14.2. The van der Waals surface area contributed by atoms with E-state index in [2.05, 4.69) is 32.1 Å². The highest BCUT2D eigenvalue weighted by Gasteiger charge is 2.44. The van der Waals surface area contributed by atoms with E-state index in [1.807, 2.05) is 18.6 Å². The van der Waals surface area contributed by atoms with Gasteiger partial charge in [0.2, 0.25) is 5.89 Å². The summed E-state index contributed by atoms with van der Waals surface area (Å²) in [5, 5.41) is 8.85. The van der Waals surface area contributed by atoms with Crippen LogP contribution < -0.4 is 0 Å². The molecule has 0 saturated heterocycles. The number of rotatable bonds is 4. The van der Waals surface area contributed by atoms with Crippen LogP contribution in [0, 0.1) is 0 Å². The lowest BCUT2D eigenvalue weighted by Crippen LogP contribution is -2.36. The van der Waals surface area contributed by atoms with Gasteiger partial charge in [0, 0.05) is 30.2 Å². The van der Waals surface area contributed by atoms with Gasteiger partial charge in [0.1, 0.15) is 0 Å². The van der Waals surface area contributed by atoms with Gasteiger partial charge >= 0.3 is 0 Å². The van der Waals surface area contributed by atoms with Gasteiger partial charge in [0.25, 0.3) is 0 Å². The summed E-state index contributed by atoms with van der Waals surface area (Å²) in [6, 6.07) is 4.15. The third-order valence-electron chi connectivity index (χ3n) is 5.75. The average Bonchev–Trinajstić information content (AvgIpc) is 3.24. The minimum atomic E-state index is -0.0941. The molecule has 2 aliphatic rings. The lowest BCUT2D eigenvalue weighted by molar-refractivity contribution is 0.271. The van der Waals surface area contributed by atoms with Crippen LogP contribution in [0.2, 0.25) is 0 Å². The van der Waals surface area contributed by atoms with Gasteiger partial charge in [-0.25, -0.2) is 0 Å². The highest BCUT2D eigenvalue weighted by atomic mass is 16.5. The molecular weight excluding hydrogens is 314 g/mol. The highest BCUT2D eigenvalue weighted by molar-refractivity contribution is 5.34. The number of aromatic nitrogens is 5. The molecule has 1 saturated carbocycles. The quantitative estimate of drug-likeness (QED) is 0.733. The fourth-order valence-corrected chi connectivity index (χ4v) is 4.16. The standard InChI is InChI=1S/C19H21N5O/c1-2-11-24-16(4-1)14(13-21-24)12-17-22-18(23-25-17)19(7-3-8-19)15-5-9-20-10-6-15/h5-6,9-10,13H,1-4,7-8,11-12H2. The van der Waals surface area contributed by atoms with Crippen LogP contribution in [0.1, 0.15) is 60.6 Å². The Kier molecular flexibility index (Phi) is 3.43. The molecule has 5 rings (SSSR count). The predicted octanol–water partition coefficient (Wildman–Crippen LogP) is 3.06. The zero-order valence-corrected chi connectivity index (χ0v) is 14.2. The van der Waals surface area contributed by atoms with Crippen molar-refractivity contribution in [3.63, 3.8) is 0 Å². The van der Waals surface area contributed by atoms with E-state index in [0.717, 1.165) is 31.6 Å². The van der Waals surface area contributed by atoms with Gasteiger partial charge in [-0.2, -0.15) is 10.1 Å². The molecule has 128 valence electrons. The van der Waals surface area contributed by atoms with E-state index in [4.69, 9.17) is 9.51 Å². The van der Waals surface area contributed by atoms with E-state index >= 15 is 0 Å². The Morgan fingerprint density at radius 1 is 1.12 bits per heavy atom. The Morgan fingerprint density at radius 2 is 2.00 bits per heavy atom. The molecule has 6 heteroatoms. The summed E-state index contributed by atoms with van der Waals surface area (Å²) in [7, 11) is 0. The number of aryl methyl sites for hydroxylation is 1. The van der Waals surface area contributed by atoms with Crippen molar-refractivity contribution < 1.29 is 4.52 Å². The maximum absolute atomic E-state index is 5.62. The molecule has 6 nitrogen and oxygen atoms in total. The molecule has 3 aromatic rings. The Morgan fingerprint density at radius 3 is 2.80 bits per heavy atom. The molecule has 4 heterocycles. The van der Waals surface area contributed by atoms with Crippen molar-refractivity contribution in [3.05, 3.63) is 59.3 Å². The molecule has 0 aromatic carbocycles. The Hall–Kier alpha value is -2.50. The van der Waals surface area contributed by atoms with Gasteiger partial charge < -0.3 is 4.52 Å². The Labute approximate surface area is 146 Å². The first-order valence-corrected chi connectivity index (χ1v) is 9.12. The van der Waals surface area contributed by atoms with Crippen molar-refractivity contribution in [3.8, 4) is 0 Å². The van der Waals surface area contributed by atoms with Crippen molar-refractivity contribution in [1.82, 2.24) is 24.9 Å². The summed E-state index contributed by atoms with van der Waals surface area (Å²) in [5.74, 6) is 1.51. The van der Waals surface area contributed by atoms with Crippen LogP contribution in [0.15, 0.2) is 35.2 Å². The minimum absolute atomic E-state index is 0.0941. The molecule has 0 atom stereocenters. The number of nitrogens with zero attached hydrogens (tertiary/aromatic N) is 5. The summed E-state index contributed by atoms with van der Waals surface area (Å²) in [6.45, 7) is 1.02. The van der Waals surface area contributed by atoms with Crippen LogP contribution in [0.3, 0.4) is 0 Å². The van der Waals surface area contributed by atoms with Crippen molar-refractivity contribution in [2.75, 3.05) is 0 Å². The van der Waals surface area contributed by atoms with E-state index in [1.165, 1.54) is 36.1 Å². The van der Waals surface area contributed by atoms with E-state index < -0.39 is 0 Å². The summed E-state index contributed by atoms with van der Waals surface area (Å²) in [5.41, 5.74) is 3.70. The molecule has 3 aromatic heterocycles. The molecule has 0 spiro atoms. The van der Waals surface area contributed by atoms with E-state index in [-0.39, 0.29) is 5.41 Å². The van der Waals surface area contributed by atoms with E-state index in [0.29, 0.717) is 12.3 Å². The van der Waals surface area contributed by atoms with Gasteiger partial charge in [-0.05, 0) is 49.8 Å². The number of hydrogen-bond acceptors (Lipinski definition) is 5. The molecule has 1 fully saturated rings. The van der Waals surface area contributed by atoms with Crippen LogP contribution in [-0.4, -0.2) is 24.9 Å². The first-order chi connectivity index (χ1) is 12.4. The van der Waals surface area contributed by atoms with E-state index in [1.54, 1.807) is 0 Å². The predicted molar refractivity (Wildman–Crippen MR) is 91.1 cm³/mol. The molecule has 1 aliphatic heterocycles. The molecule has 1 aliphatic carbocycles. The second kappa shape index (κ2) is 5.79. The monoisotopic (exact) mass is 335 g/mol. The normalized spacial score (nSPS) is 18.6. The zero-order chi connectivity index (χ0) is 16.7. The number of fused-ring (bicyclic) bond motifs is 1. The third kappa shape index (κ3) is 2.39. The summed E-state index contributed by atoms with van der Waals surface area (Å²) in [4.78, 5) is 8.90. The Balaban J connectivity index is 1.43. The Bertz CT molecular complexity index is 878. The first kappa shape index (κ1) is 14.8. The van der Waals surface area contributed by atoms with Crippen LogP contribution >= 0.6 is 0 Å². The highest BCUT2D eigenvalue weighted by Crippen LogP contribution is 2.47. The fourth-order valence-electron chi connectivity index (χ4n) is 4.16. The second-order valence-corrected chi connectivity index (χ2v) is 7.16. The fraction of sp³-hybridized carbons (Fsp3) is 0.474. The van der Waals surface area contributed by atoms with Crippen LogP contribution in [0.25, 0.3) is 0 Å². The van der Waals surface area contributed by atoms with Gasteiger partial charge in [-0.15, -0.1) is 0 Å². The van der Waals surface area contributed by atoms with Crippen molar-refractivity contribution in [2.24, 2.45) is 0 Å². The minimum Gasteiger partial charge on any atom is -0.339 e. The lowest BCUT2D eigenvalue weighted by Gasteiger charge is -2.39. The second-order valence-electron chi connectivity index (χ2n) is 7.16. The van der Waals surface area contributed by atoms with Crippen molar-refractivity contribution >= 4 is 0 Å². The molecule has 0 bridgehead atoms. The van der Waals surface area contributed by atoms with Gasteiger partial charge in [-0.1, -0.05) is 11.6 Å². The van der Waals surface area contributed by atoms with Gasteiger partial charge in [-0.3, -0.25) is 9.67 Å². The largest absolute Gasteiger partial charge is 0.339 e. The average molecular weight is 335 g/mol. The lowest BCUT2D eigenvalue weighted by atomic mass is 9.64. The maximum Gasteiger partial charge on any atom is 0.231 e. The third-order valence-corrected chi connectivity index (χ3v) is 5.75. The summed E-state index contributed by atoms with van der Waals surface area (Å²) in [6.07, 6.45) is 13.2. The number of hydrogen-bond donors (Lipinski definition) is 0. The van der Waals surface area contributed by atoms with Crippen LogP contribution in [0.5, 0.6) is 0 Å². The summed E-state index contributed by atoms with van der Waals surface area (Å²) >= 11 is 0. The molecule has 25 heavy (non-hydrogen) atoms. The van der Waals surface area contributed by atoms with E-state index in [9.17, 15) is 0 Å². The topological polar surface area (TPSA) is 69.6 Å². The van der Waals surface area contributed by atoms with Gasteiger partial charge in [0.15, 0.2) is 5.82 Å². The molecule has 0 unspecified atom stereocenters. The number of pyridine rings is 1. The van der Waals surface area contributed by atoms with Crippen molar-refractivity contribution in [2.45, 2.75) is 56.9 Å². The van der Waals surface area contributed by atoms with Crippen LogP contribution in [0.4, 0.5) is 0 Å². The molecule has 0 N–H and O–H groups in total. The molecular formula is C19H21N5O. The van der Waals surface area contributed by atoms with Crippen molar-refractivity contribution in [1.29, 1.82) is 0 Å². The van der Waals surface area contributed by atoms with Crippen LogP contribution in [-0.2, 0) is 24.8 Å². The van der Waals surface area contributed by atoms with Gasteiger partial charge in [0.05, 0.1) is 18.0 Å².